The molecule has 16 heavy (non-hydrogen) atoms. The average Bonchev–Trinajstić information content (AvgIpc) is 2.29. The van der Waals surface area contributed by atoms with E-state index in [1.165, 1.54) is 29.1 Å². The predicted octanol–water partition coefficient (Wildman–Crippen LogP) is 2.11. The molecule has 2 rings (SSSR count). The van der Waals surface area contributed by atoms with Gasteiger partial charge in [-0.2, -0.15) is 5.10 Å². The highest BCUT2D eigenvalue weighted by atomic mass is 35.5. The Morgan fingerprint density at radius 3 is 2.88 bits per heavy atom. The van der Waals surface area contributed by atoms with Crippen molar-refractivity contribution in [1.29, 1.82) is 0 Å². The van der Waals surface area contributed by atoms with E-state index in [1.54, 1.807) is 12.1 Å². The molecule has 2 aromatic rings. The van der Waals surface area contributed by atoms with Crippen molar-refractivity contribution in [3.63, 3.8) is 0 Å². The minimum atomic E-state index is -0.356. The van der Waals surface area contributed by atoms with Crippen molar-refractivity contribution in [2.45, 2.75) is 5.88 Å². The summed E-state index contributed by atoms with van der Waals surface area (Å²) in [6.45, 7) is 0. The summed E-state index contributed by atoms with van der Waals surface area (Å²) in [7, 11) is 0. The maximum atomic E-state index is 13.0. The van der Waals surface area contributed by atoms with Crippen molar-refractivity contribution >= 4 is 11.6 Å². The molecule has 3 nitrogen and oxygen atoms in total. The number of alkyl halides is 1. The van der Waals surface area contributed by atoms with Gasteiger partial charge in [-0.1, -0.05) is 6.07 Å². The molecule has 0 aliphatic carbocycles. The molecule has 1 heterocycles. The Morgan fingerprint density at radius 1 is 1.38 bits per heavy atom. The summed E-state index contributed by atoms with van der Waals surface area (Å²) >= 11 is 5.57. The van der Waals surface area contributed by atoms with Crippen LogP contribution in [0.4, 0.5) is 4.39 Å². The lowest BCUT2D eigenvalue weighted by Gasteiger charge is -2.05. The predicted molar refractivity (Wildman–Crippen MR) is 59.3 cm³/mol. The third-order valence-corrected chi connectivity index (χ3v) is 2.33. The van der Waals surface area contributed by atoms with E-state index in [9.17, 15) is 9.18 Å². The third-order valence-electron chi connectivity index (χ3n) is 2.08. The van der Waals surface area contributed by atoms with Crippen molar-refractivity contribution in [1.82, 2.24) is 9.78 Å². The highest BCUT2D eigenvalue weighted by Crippen LogP contribution is 2.07. The van der Waals surface area contributed by atoms with Crippen LogP contribution in [0.25, 0.3) is 5.69 Å². The molecular weight excluding hydrogens is 231 g/mol. The van der Waals surface area contributed by atoms with Gasteiger partial charge in [0.25, 0.3) is 0 Å². The summed E-state index contributed by atoms with van der Waals surface area (Å²) in [5.74, 6) is -0.319. The van der Waals surface area contributed by atoms with E-state index in [2.05, 4.69) is 5.10 Å². The van der Waals surface area contributed by atoms with E-state index >= 15 is 0 Å². The van der Waals surface area contributed by atoms with Gasteiger partial charge in [-0.05, 0) is 18.2 Å². The fourth-order valence-corrected chi connectivity index (χ4v) is 1.49. The van der Waals surface area contributed by atoms with Crippen LogP contribution in [0.3, 0.4) is 0 Å². The molecular formula is C11H8ClFN2O. The van der Waals surface area contributed by atoms with Crippen LogP contribution in [0.1, 0.15) is 5.69 Å². The van der Waals surface area contributed by atoms with Crippen LogP contribution in [0, 0.1) is 5.82 Å². The minimum Gasteiger partial charge on any atom is -0.288 e. The Morgan fingerprint density at radius 2 is 2.19 bits per heavy atom. The molecule has 0 aliphatic rings. The molecule has 0 saturated carbocycles. The molecule has 0 bridgehead atoms. The first-order valence-electron chi connectivity index (χ1n) is 4.61. The summed E-state index contributed by atoms with van der Waals surface area (Å²) in [4.78, 5) is 11.3. The van der Waals surface area contributed by atoms with E-state index in [1.807, 2.05) is 0 Å². The third kappa shape index (κ3) is 2.12. The molecule has 0 aliphatic heterocycles. The molecule has 0 N–H and O–H groups in total. The average molecular weight is 239 g/mol. The second kappa shape index (κ2) is 4.45. The molecule has 0 unspecified atom stereocenters. The zero-order valence-corrected chi connectivity index (χ0v) is 8.99. The van der Waals surface area contributed by atoms with Gasteiger partial charge in [-0.25, -0.2) is 9.07 Å². The molecule has 0 atom stereocenters. The molecule has 5 heteroatoms. The molecule has 82 valence electrons. The molecule has 0 fully saturated rings. The molecule has 0 spiro atoms. The summed E-state index contributed by atoms with van der Waals surface area (Å²) in [5.41, 5.74) is 0.572. The van der Waals surface area contributed by atoms with Crippen molar-refractivity contribution in [3.8, 4) is 5.69 Å². The molecule has 0 saturated heterocycles. The van der Waals surface area contributed by atoms with Gasteiger partial charge in [-0.3, -0.25) is 4.79 Å². The van der Waals surface area contributed by atoms with Gasteiger partial charge in [-0.15, -0.1) is 11.6 Å². The second-order valence-corrected chi connectivity index (χ2v) is 3.45. The van der Waals surface area contributed by atoms with Crippen molar-refractivity contribution in [2.75, 3.05) is 0 Å². The number of aromatic nitrogens is 2. The molecule has 0 radical (unpaired) electrons. The number of benzene rings is 1. The van der Waals surface area contributed by atoms with E-state index in [0.29, 0.717) is 5.69 Å². The van der Waals surface area contributed by atoms with E-state index in [0.717, 1.165) is 0 Å². The van der Waals surface area contributed by atoms with Crippen molar-refractivity contribution in [2.24, 2.45) is 0 Å². The minimum absolute atomic E-state index is 0.0367. The number of halogens is 2. The summed E-state index contributed by atoms with van der Waals surface area (Å²) in [6, 6.07) is 7.29. The van der Waals surface area contributed by atoms with Gasteiger partial charge in [0.1, 0.15) is 11.5 Å². The first kappa shape index (κ1) is 10.8. The summed E-state index contributed by atoms with van der Waals surface area (Å²) < 4.78 is 14.4. The lowest BCUT2D eigenvalue weighted by Crippen LogP contribution is -2.14. The monoisotopic (exact) mass is 238 g/mol. The first-order chi connectivity index (χ1) is 7.70. The summed E-state index contributed by atoms with van der Waals surface area (Å²) in [5, 5.41) is 4.01. The fourth-order valence-electron chi connectivity index (χ4n) is 1.30. The zero-order chi connectivity index (χ0) is 11.5. The largest absolute Gasteiger partial charge is 0.288 e. The van der Waals surface area contributed by atoms with Crippen LogP contribution < -0.4 is 5.43 Å². The van der Waals surface area contributed by atoms with Gasteiger partial charge in [0, 0.05) is 12.3 Å². The lowest BCUT2D eigenvalue weighted by molar-refractivity contribution is 0.624. The maximum absolute atomic E-state index is 13.0. The van der Waals surface area contributed by atoms with Crippen molar-refractivity contribution < 1.29 is 4.39 Å². The van der Waals surface area contributed by atoms with Gasteiger partial charge in [0.15, 0.2) is 0 Å². The number of nitrogens with zero attached hydrogens (tertiary/aromatic N) is 2. The highest BCUT2D eigenvalue weighted by molar-refractivity contribution is 6.16. The van der Waals surface area contributed by atoms with Gasteiger partial charge < -0.3 is 0 Å². The molecule has 0 amide bonds. The van der Waals surface area contributed by atoms with E-state index in [4.69, 9.17) is 11.6 Å². The van der Waals surface area contributed by atoms with Gasteiger partial charge in [0.05, 0.1) is 11.6 Å². The Labute approximate surface area is 96.1 Å². The van der Waals surface area contributed by atoms with Crippen LogP contribution in [0.5, 0.6) is 0 Å². The Hall–Kier alpha value is -1.68. The standard InChI is InChI=1S/C11H8ClFN2O/c12-7-10-11(16)4-5-15(14-10)9-3-1-2-8(13)6-9/h1-6H,7H2. The second-order valence-electron chi connectivity index (χ2n) is 3.18. The Bertz CT molecular complexity index is 568. The summed E-state index contributed by atoms with van der Waals surface area (Å²) in [6.07, 6.45) is 1.48. The Kier molecular flexibility index (Phi) is 3.01. The van der Waals surface area contributed by atoms with Crippen LogP contribution in [0.15, 0.2) is 41.3 Å². The van der Waals surface area contributed by atoms with Crippen LogP contribution in [-0.2, 0) is 5.88 Å². The fraction of sp³-hybridized carbons (Fsp3) is 0.0909. The SMILES string of the molecule is O=c1ccn(-c2cccc(F)c2)nc1CCl. The zero-order valence-electron chi connectivity index (χ0n) is 8.23. The highest BCUT2D eigenvalue weighted by Gasteiger charge is 2.02. The van der Waals surface area contributed by atoms with Gasteiger partial charge >= 0.3 is 0 Å². The quantitative estimate of drug-likeness (QED) is 0.751. The van der Waals surface area contributed by atoms with Gasteiger partial charge in [0.2, 0.25) is 5.43 Å². The number of hydrogen-bond acceptors (Lipinski definition) is 2. The smallest absolute Gasteiger partial charge is 0.204 e. The first-order valence-corrected chi connectivity index (χ1v) is 5.15. The van der Waals surface area contributed by atoms with Crippen molar-refractivity contribution in [3.05, 3.63) is 58.3 Å². The molecule has 1 aromatic carbocycles. The van der Waals surface area contributed by atoms with E-state index < -0.39 is 0 Å². The topological polar surface area (TPSA) is 34.9 Å². The van der Waals surface area contributed by atoms with E-state index in [-0.39, 0.29) is 22.8 Å². The molecule has 1 aromatic heterocycles. The normalized spacial score (nSPS) is 10.4. The van der Waals surface area contributed by atoms with Crippen LogP contribution in [-0.4, -0.2) is 9.78 Å². The Balaban J connectivity index is 2.52. The van der Waals surface area contributed by atoms with Crippen LogP contribution in [0.2, 0.25) is 0 Å². The van der Waals surface area contributed by atoms with Crippen LogP contribution >= 0.6 is 11.6 Å². The number of hydrogen-bond donors (Lipinski definition) is 0. The lowest BCUT2D eigenvalue weighted by atomic mass is 10.3. The maximum Gasteiger partial charge on any atom is 0.204 e. The number of rotatable bonds is 2.